The van der Waals surface area contributed by atoms with E-state index < -0.39 is 0 Å². The van der Waals surface area contributed by atoms with E-state index in [2.05, 4.69) is 15.2 Å². The number of ether oxygens (including phenoxy) is 2. The Hall–Kier alpha value is -2.05. The molecule has 114 valence electrons. The Balaban J connectivity index is 2.13. The van der Waals surface area contributed by atoms with Gasteiger partial charge in [-0.15, -0.1) is 0 Å². The SMILES string of the molecule is COCCNC(=O)Nc1cn(CCOC)c2ccccc12. The number of methoxy groups -OCH3 is 2. The lowest BCUT2D eigenvalue weighted by atomic mass is 10.2. The second-order valence-corrected chi connectivity index (χ2v) is 4.62. The Kier molecular flexibility index (Phi) is 5.59. The van der Waals surface area contributed by atoms with Gasteiger partial charge in [0.2, 0.25) is 0 Å². The van der Waals surface area contributed by atoms with Crippen molar-refractivity contribution in [2.45, 2.75) is 6.54 Å². The van der Waals surface area contributed by atoms with Gasteiger partial charge in [0.05, 0.1) is 24.4 Å². The maximum atomic E-state index is 11.8. The quantitative estimate of drug-likeness (QED) is 0.767. The summed E-state index contributed by atoms with van der Waals surface area (Å²) in [5.41, 5.74) is 1.86. The summed E-state index contributed by atoms with van der Waals surface area (Å²) in [6.45, 7) is 2.33. The summed E-state index contributed by atoms with van der Waals surface area (Å²) in [5, 5.41) is 6.62. The number of fused-ring (bicyclic) bond motifs is 1. The second-order valence-electron chi connectivity index (χ2n) is 4.62. The number of aromatic nitrogens is 1. The van der Waals surface area contributed by atoms with Gasteiger partial charge in [-0.05, 0) is 6.07 Å². The van der Waals surface area contributed by atoms with Gasteiger partial charge in [-0.3, -0.25) is 0 Å². The van der Waals surface area contributed by atoms with Crippen LogP contribution in [-0.4, -0.2) is 44.6 Å². The number of anilines is 1. The van der Waals surface area contributed by atoms with Gasteiger partial charge in [0.1, 0.15) is 0 Å². The molecule has 2 aromatic rings. The molecule has 0 aliphatic carbocycles. The molecule has 2 amide bonds. The van der Waals surface area contributed by atoms with E-state index in [1.165, 1.54) is 0 Å². The molecule has 0 unspecified atom stereocenters. The Morgan fingerprint density at radius 2 is 1.95 bits per heavy atom. The van der Waals surface area contributed by atoms with E-state index in [-0.39, 0.29) is 6.03 Å². The molecule has 0 saturated heterocycles. The van der Waals surface area contributed by atoms with Crippen molar-refractivity contribution < 1.29 is 14.3 Å². The van der Waals surface area contributed by atoms with E-state index in [1.54, 1.807) is 14.2 Å². The number of rotatable bonds is 7. The van der Waals surface area contributed by atoms with Gasteiger partial charge in [-0.2, -0.15) is 0 Å². The molecule has 0 aliphatic rings. The zero-order chi connectivity index (χ0) is 15.1. The smallest absolute Gasteiger partial charge is 0.319 e. The van der Waals surface area contributed by atoms with E-state index in [1.807, 2.05) is 30.5 Å². The molecule has 0 bridgehead atoms. The summed E-state index contributed by atoms with van der Waals surface area (Å²) in [4.78, 5) is 11.8. The summed E-state index contributed by atoms with van der Waals surface area (Å²) >= 11 is 0. The van der Waals surface area contributed by atoms with E-state index in [4.69, 9.17) is 9.47 Å². The van der Waals surface area contributed by atoms with Gasteiger partial charge in [0.25, 0.3) is 0 Å². The Morgan fingerprint density at radius 3 is 2.71 bits per heavy atom. The molecular weight excluding hydrogens is 270 g/mol. The third-order valence-corrected chi connectivity index (χ3v) is 3.16. The van der Waals surface area contributed by atoms with Gasteiger partial charge < -0.3 is 24.7 Å². The minimum absolute atomic E-state index is 0.235. The predicted molar refractivity (Wildman–Crippen MR) is 82.7 cm³/mol. The van der Waals surface area contributed by atoms with Gasteiger partial charge in [-0.25, -0.2) is 4.79 Å². The zero-order valence-electron chi connectivity index (χ0n) is 12.4. The highest BCUT2D eigenvalue weighted by Crippen LogP contribution is 2.25. The fourth-order valence-corrected chi connectivity index (χ4v) is 2.15. The Labute approximate surface area is 124 Å². The average Bonchev–Trinajstić information content (AvgIpc) is 2.84. The molecule has 1 aromatic carbocycles. The Bertz CT molecular complexity index is 595. The van der Waals surface area contributed by atoms with Crippen LogP contribution in [0.3, 0.4) is 0 Å². The van der Waals surface area contributed by atoms with Crippen molar-refractivity contribution in [3.05, 3.63) is 30.5 Å². The van der Waals surface area contributed by atoms with Crippen molar-refractivity contribution in [1.82, 2.24) is 9.88 Å². The standard InChI is InChI=1S/C15H21N3O3/c1-20-9-7-16-15(19)17-13-11-18(8-10-21-2)14-6-4-3-5-12(13)14/h3-6,11H,7-10H2,1-2H3,(H2,16,17,19). The summed E-state index contributed by atoms with van der Waals surface area (Å²) in [6.07, 6.45) is 1.93. The summed E-state index contributed by atoms with van der Waals surface area (Å²) in [5.74, 6) is 0. The van der Waals surface area contributed by atoms with Crippen LogP contribution < -0.4 is 10.6 Å². The molecule has 2 N–H and O–H groups in total. The fraction of sp³-hybridized carbons (Fsp3) is 0.400. The lowest BCUT2D eigenvalue weighted by Gasteiger charge is -2.05. The number of amides is 2. The highest BCUT2D eigenvalue weighted by atomic mass is 16.5. The molecule has 21 heavy (non-hydrogen) atoms. The highest BCUT2D eigenvalue weighted by molar-refractivity contribution is 6.01. The van der Waals surface area contributed by atoms with Crippen molar-refractivity contribution in [1.29, 1.82) is 0 Å². The number of para-hydroxylation sites is 1. The molecule has 0 radical (unpaired) electrons. The van der Waals surface area contributed by atoms with E-state index in [0.29, 0.717) is 19.8 Å². The second kappa shape index (κ2) is 7.66. The van der Waals surface area contributed by atoms with Gasteiger partial charge >= 0.3 is 6.03 Å². The molecule has 0 spiro atoms. The van der Waals surface area contributed by atoms with Crippen LogP contribution in [0, 0.1) is 0 Å². The van der Waals surface area contributed by atoms with Crippen LogP contribution in [0.2, 0.25) is 0 Å². The van der Waals surface area contributed by atoms with Crippen LogP contribution in [0.4, 0.5) is 10.5 Å². The van der Waals surface area contributed by atoms with Crippen molar-refractivity contribution >= 4 is 22.6 Å². The number of carbonyl (C=O) groups is 1. The van der Waals surface area contributed by atoms with E-state index in [0.717, 1.165) is 23.1 Å². The van der Waals surface area contributed by atoms with Gasteiger partial charge in [0, 0.05) is 38.9 Å². The minimum atomic E-state index is -0.235. The first-order valence-electron chi connectivity index (χ1n) is 6.87. The third-order valence-electron chi connectivity index (χ3n) is 3.16. The first-order chi connectivity index (χ1) is 10.3. The molecule has 1 heterocycles. The molecule has 0 fully saturated rings. The van der Waals surface area contributed by atoms with Crippen molar-refractivity contribution in [2.75, 3.05) is 39.3 Å². The summed E-state index contributed by atoms with van der Waals surface area (Å²) < 4.78 is 12.1. The molecule has 6 nitrogen and oxygen atoms in total. The topological polar surface area (TPSA) is 64.5 Å². The Morgan fingerprint density at radius 1 is 1.19 bits per heavy atom. The van der Waals surface area contributed by atoms with Crippen LogP contribution >= 0.6 is 0 Å². The monoisotopic (exact) mass is 291 g/mol. The van der Waals surface area contributed by atoms with E-state index in [9.17, 15) is 4.79 Å². The maximum absolute atomic E-state index is 11.8. The highest BCUT2D eigenvalue weighted by Gasteiger charge is 2.10. The number of hydrogen-bond donors (Lipinski definition) is 2. The van der Waals surface area contributed by atoms with Crippen LogP contribution in [0.1, 0.15) is 0 Å². The minimum Gasteiger partial charge on any atom is -0.383 e. The van der Waals surface area contributed by atoms with Crippen molar-refractivity contribution in [3.63, 3.8) is 0 Å². The largest absolute Gasteiger partial charge is 0.383 e. The first kappa shape index (κ1) is 15.3. The summed E-state index contributed by atoms with van der Waals surface area (Å²) in [7, 11) is 3.27. The number of nitrogens with one attached hydrogen (secondary N) is 2. The van der Waals surface area contributed by atoms with Gasteiger partial charge in [0.15, 0.2) is 0 Å². The van der Waals surface area contributed by atoms with Crippen LogP contribution in [0.5, 0.6) is 0 Å². The number of urea groups is 1. The first-order valence-corrected chi connectivity index (χ1v) is 6.87. The van der Waals surface area contributed by atoms with Gasteiger partial charge in [-0.1, -0.05) is 18.2 Å². The number of hydrogen-bond acceptors (Lipinski definition) is 3. The molecule has 0 saturated carbocycles. The average molecular weight is 291 g/mol. The van der Waals surface area contributed by atoms with Crippen LogP contribution in [0.25, 0.3) is 10.9 Å². The van der Waals surface area contributed by atoms with E-state index >= 15 is 0 Å². The number of benzene rings is 1. The van der Waals surface area contributed by atoms with Crippen molar-refractivity contribution in [2.24, 2.45) is 0 Å². The van der Waals surface area contributed by atoms with Crippen LogP contribution in [-0.2, 0) is 16.0 Å². The maximum Gasteiger partial charge on any atom is 0.319 e. The third kappa shape index (κ3) is 3.96. The lowest BCUT2D eigenvalue weighted by Crippen LogP contribution is -2.31. The molecule has 0 aliphatic heterocycles. The summed E-state index contributed by atoms with van der Waals surface area (Å²) in [6, 6.07) is 7.72. The molecule has 1 aromatic heterocycles. The molecule has 0 atom stereocenters. The normalized spacial score (nSPS) is 10.8. The van der Waals surface area contributed by atoms with Crippen LogP contribution in [0.15, 0.2) is 30.5 Å². The fourth-order valence-electron chi connectivity index (χ4n) is 2.15. The van der Waals surface area contributed by atoms with Crippen molar-refractivity contribution in [3.8, 4) is 0 Å². The number of nitrogens with zero attached hydrogens (tertiary/aromatic N) is 1. The molecule has 6 heteroatoms. The lowest BCUT2D eigenvalue weighted by molar-refractivity contribution is 0.188. The molecular formula is C15H21N3O3. The number of carbonyl (C=O) groups excluding carboxylic acids is 1. The molecule has 2 rings (SSSR count). The predicted octanol–water partition coefficient (Wildman–Crippen LogP) is 2.06. The zero-order valence-corrected chi connectivity index (χ0v) is 12.4.